The Hall–Kier alpha value is -1.68. The molecule has 0 fully saturated rings. The van der Waals surface area contributed by atoms with Gasteiger partial charge in [0, 0.05) is 18.5 Å². The molecule has 1 aromatic heterocycles. The largest absolute Gasteiger partial charge is 0.396 e. The lowest BCUT2D eigenvalue weighted by Crippen LogP contribution is -2.17. The van der Waals surface area contributed by atoms with Crippen LogP contribution in [0, 0.1) is 12.8 Å². The Labute approximate surface area is 106 Å². The summed E-state index contributed by atoms with van der Waals surface area (Å²) >= 11 is 0. The molecule has 4 nitrogen and oxygen atoms in total. The van der Waals surface area contributed by atoms with Crippen molar-refractivity contribution in [1.29, 1.82) is 0 Å². The number of hydrogen-bond acceptors (Lipinski definition) is 3. The summed E-state index contributed by atoms with van der Waals surface area (Å²) in [5.41, 5.74) is 2.47. The maximum Gasteiger partial charge on any atom is 0.168 e. The van der Waals surface area contributed by atoms with Gasteiger partial charge in [-0.25, -0.2) is 4.98 Å². The fourth-order valence-corrected chi connectivity index (χ4v) is 2.11. The van der Waals surface area contributed by atoms with Gasteiger partial charge in [0.05, 0.1) is 17.6 Å². The summed E-state index contributed by atoms with van der Waals surface area (Å²) in [6.07, 6.45) is 0.647. The molecule has 0 saturated heterocycles. The number of carbonyl (C=O) groups excluding carboxylic acids is 1. The zero-order chi connectivity index (χ0) is 13.3. The number of ketones is 1. The minimum Gasteiger partial charge on any atom is -0.396 e. The van der Waals surface area contributed by atoms with Crippen molar-refractivity contribution < 1.29 is 9.90 Å². The van der Waals surface area contributed by atoms with Crippen molar-refractivity contribution in [2.45, 2.75) is 20.3 Å². The molecular weight excluding hydrogens is 228 g/mol. The highest BCUT2D eigenvalue weighted by Gasteiger charge is 2.18. The van der Waals surface area contributed by atoms with Crippen molar-refractivity contribution in [2.75, 3.05) is 6.61 Å². The second-order valence-electron chi connectivity index (χ2n) is 4.57. The molecule has 0 aliphatic rings. The van der Waals surface area contributed by atoms with E-state index < -0.39 is 0 Å². The van der Waals surface area contributed by atoms with Gasteiger partial charge in [0.25, 0.3) is 0 Å². The summed E-state index contributed by atoms with van der Waals surface area (Å²) in [6.45, 7) is 3.74. The van der Waals surface area contributed by atoms with Crippen molar-refractivity contribution in [2.24, 2.45) is 13.0 Å². The Balaban J connectivity index is 2.44. The Morgan fingerprint density at radius 3 is 2.83 bits per heavy atom. The fraction of sp³-hybridized carbons (Fsp3) is 0.429. The van der Waals surface area contributed by atoms with Crippen molar-refractivity contribution in [3.05, 3.63) is 29.6 Å². The molecule has 1 N–H and O–H groups in total. The highest BCUT2D eigenvalue weighted by Crippen LogP contribution is 2.19. The smallest absolute Gasteiger partial charge is 0.168 e. The van der Waals surface area contributed by atoms with Crippen molar-refractivity contribution in [3.8, 4) is 0 Å². The number of imidazole rings is 1. The zero-order valence-electron chi connectivity index (χ0n) is 11.0. The Morgan fingerprint density at radius 2 is 2.22 bits per heavy atom. The van der Waals surface area contributed by atoms with Crippen LogP contribution in [0.3, 0.4) is 0 Å². The molecule has 4 heteroatoms. The van der Waals surface area contributed by atoms with Crippen LogP contribution < -0.4 is 0 Å². The van der Waals surface area contributed by atoms with Crippen molar-refractivity contribution in [1.82, 2.24) is 9.55 Å². The highest BCUT2D eigenvalue weighted by molar-refractivity contribution is 6.00. The van der Waals surface area contributed by atoms with E-state index in [2.05, 4.69) is 4.98 Å². The van der Waals surface area contributed by atoms with E-state index in [1.54, 1.807) is 0 Å². The zero-order valence-corrected chi connectivity index (χ0v) is 11.0. The highest BCUT2D eigenvalue weighted by atomic mass is 16.3. The van der Waals surface area contributed by atoms with E-state index in [9.17, 15) is 9.90 Å². The molecule has 1 unspecified atom stereocenters. The molecule has 2 rings (SSSR count). The number of aromatic nitrogens is 2. The summed E-state index contributed by atoms with van der Waals surface area (Å²) in [5.74, 6) is 0.598. The SMILES string of the molecule is CCC(CO)C(=O)c1ccc2c(c1)nc(C)n2C. The first-order chi connectivity index (χ1) is 8.58. The molecule has 96 valence electrons. The monoisotopic (exact) mass is 246 g/mol. The van der Waals surface area contributed by atoms with E-state index in [-0.39, 0.29) is 18.3 Å². The van der Waals surface area contributed by atoms with E-state index in [0.29, 0.717) is 12.0 Å². The molecule has 0 amide bonds. The molecule has 1 aromatic carbocycles. The number of fused-ring (bicyclic) bond motifs is 1. The third-order valence-electron chi connectivity index (χ3n) is 3.47. The third kappa shape index (κ3) is 2.04. The van der Waals surface area contributed by atoms with Crippen LogP contribution >= 0.6 is 0 Å². The first-order valence-corrected chi connectivity index (χ1v) is 6.16. The van der Waals surface area contributed by atoms with Crippen LogP contribution in [0.15, 0.2) is 18.2 Å². The molecule has 1 heterocycles. The second kappa shape index (κ2) is 4.90. The van der Waals surface area contributed by atoms with Crippen molar-refractivity contribution >= 4 is 16.8 Å². The van der Waals surface area contributed by atoms with E-state index in [0.717, 1.165) is 16.9 Å². The Kier molecular flexibility index (Phi) is 3.48. The number of carbonyl (C=O) groups is 1. The summed E-state index contributed by atoms with van der Waals surface area (Å²) in [5, 5.41) is 9.18. The summed E-state index contributed by atoms with van der Waals surface area (Å²) < 4.78 is 1.99. The van der Waals surface area contributed by atoms with Gasteiger partial charge in [-0.3, -0.25) is 4.79 Å². The van der Waals surface area contributed by atoms with E-state index >= 15 is 0 Å². The predicted molar refractivity (Wildman–Crippen MR) is 70.6 cm³/mol. The number of Topliss-reactive ketones (excluding diaryl/α,β-unsaturated/α-hetero) is 1. The molecule has 18 heavy (non-hydrogen) atoms. The first kappa shape index (κ1) is 12.8. The normalized spacial score (nSPS) is 12.9. The summed E-state index contributed by atoms with van der Waals surface area (Å²) in [4.78, 5) is 16.6. The summed E-state index contributed by atoms with van der Waals surface area (Å²) in [6, 6.07) is 5.53. The molecule has 2 aromatic rings. The Bertz CT molecular complexity index is 583. The number of benzene rings is 1. The quantitative estimate of drug-likeness (QED) is 0.840. The van der Waals surface area contributed by atoms with Gasteiger partial charge >= 0.3 is 0 Å². The van der Waals surface area contributed by atoms with Crippen LogP contribution in [0.4, 0.5) is 0 Å². The predicted octanol–water partition coefficient (Wildman–Crippen LogP) is 2.08. The average Bonchev–Trinajstić information content (AvgIpc) is 2.66. The number of hydrogen-bond donors (Lipinski definition) is 1. The number of nitrogens with zero attached hydrogens (tertiary/aromatic N) is 2. The van der Waals surface area contributed by atoms with Gasteiger partial charge in [0.2, 0.25) is 0 Å². The van der Waals surface area contributed by atoms with Gasteiger partial charge in [0.1, 0.15) is 5.82 Å². The number of aliphatic hydroxyl groups excluding tert-OH is 1. The number of rotatable bonds is 4. The van der Waals surface area contributed by atoms with Crippen LogP contribution in [0.2, 0.25) is 0 Å². The molecule has 0 bridgehead atoms. The molecule has 0 saturated carbocycles. The van der Waals surface area contributed by atoms with E-state index in [1.807, 2.05) is 43.7 Å². The van der Waals surface area contributed by atoms with Gasteiger partial charge in [-0.05, 0) is 31.5 Å². The van der Waals surface area contributed by atoms with Gasteiger partial charge in [-0.1, -0.05) is 6.92 Å². The minimum absolute atomic E-state index is 0.00907. The molecule has 0 spiro atoms. The number of aryl methyl sites for hydroxylation is 2. The first-order valence-electron chi connectivity index (χ1n) is 6.16. The van der Waals surface area contributed by atoms with E-state index in [4.69, 9.17) is 0 Å². The molecule has 0 aliphatic heterocycles. The standard InChI is InChI=1S/C14H18N2O2/c1-4-10(8-17)14(18)11-5-6-13-12(7-11)15-9(2)16(13)3/h5-7,10,17H,4,8H2,1-3H3. The maximum atomic E-state index is 12.1. The number of aliphatic hydroxyl groups is 1. The van der Waals surface area contributed by atoms with E-state index in [1.165, 1.54) is 0 Å². The van der Waals surface area contributed by atoms with Gasteiger partial charge in [-0.15, -0.1) is 0 Å². The maximum absolute atomic E-state index is 12.1. The molecular formula is C14H18N2O2. The fourth-order valence-electron chi connectivity index (χ4n) is 2.11. The minimum atomic E-state index is -0.313. The Morgan fingerprint density at radius 1 is 1.50 bits per heavy atom. The van der Waals surface area contributed by atoms with Gasteiger partial charge in [-0.2, -0.15) is 0 Å². The van der Waals surface area contributed by atoms with Crippen LogP contribution in [0.25, 0.3) is 11.0 Å². The average molecular weight is 246 g/mol. The second-order valence-corrected chi connectivity index (χ2v) is 4.57. The van der Waals surface area contributed by atoms with Gasteiger partial charge < -0.3 is 9.67 Å². The lowest BCUT2D eigenvalue weighted by atomic mass is 9.96. The van der Waals surface area contributed by atoms with Crippen LogP contribution in [0.5, 0.6) is 0 Å². The lowest BCUT2D eigenvalue weighted by molar-refractivity contribution is 0.0856. The van der Waals surface area contributed by atoms with Crippen LogP contribution in [-0.4, -0.2) is 27.0 Å². The molecule has 0 aliphatic carbocycles. The van der Waals surface area contributed by atoms with Crippen molar-refractivity contribution in [3.63, 3.8) is 0 Å². The molecule has 1 atom stereocenters. The lowest BCUT2D eigenvalue weighted by Gasteiger charge is -2.10. The third-order valence-corrected chi connectivity index (χ3v) is 3.47. The van der Waals surface area contributed by atoms with Crippen LogP contribution in [0.1, 0.15) is 29.5 Å². The topological polar surface area (TPSA) is 55.1 Å². The van der Waals surface area contributed by atoms with Crippen LogP contribution in [-0.2, 0) is 7.05 Å². The van der Waals surface area contributed by atoms with Gasteiger partial charge in [0.15, 0.2) is 5.78 Å². The molecule has 0 radical (unpaired) electrons. The summed E-state index contributed by atoms with van der Waals surface area (Å²) in [7, 11) is 1.95.